The van der Waals surface area contributed by atoms with Gasteiger partial charge in [-0.05, 0) is 25.0 Å². The number of pyridine rings is 1. The van der Waals surface area contributed by atoms with Crippen LogP contribution >= 0.6 is 0 Å². The van der Waals surface area contributed by atoms with Crippen LogP contribution in [0.2, 0.25) is 0 Å². The standard InChI is InChI=1S/C13H17N5O/c1-2-11(9-19-7-1)15-8-12-16-13(18-17-12)10-3-5-14-6-4-10/h3-6,11,15H,1-2,7-9H2,(H,16,17,18)/t11-/m0/s1. The van der Waals surface area contributed by atoms with Crippen molar-refractivity contribution < 1.29 is 4.74 Å². The van der Waals surface area contributed by atoms with Gasteiger partial charge in [-0.15, -0.1) is 0 Å². The molecule has 0 bridgehead atoms. The number of aromatic nitrogens is 4. The van der Waals surface area contributed by atoms with Gasteiger partial charge in [-0.25, -0.2) is 4.98 Å². The highest BCUT2D eigenvalue weighted by molar-refractivity contribution is 5.52. The lowest BCUT2D eigenvalue weighted by Gasteiger charge is -2.22. The van der Waals surface area contributed by atoms with Gasteiger partial charge in [0, 0.05) is 30.6 Å². The van der Waals surface area contributed by atoms with E-state index >= 15 is 0 Å². The van der Waals surface area contributed by atoms with E-state index in [9.17, 15) is 0 Å². The fourth-order valence-corrected chi connectivity index (χ4v) is 2.15. The number of ether oxygens (including phenoxy) is 1. The molecule has 1 aliphatic heterocycles. The second-order valence-electron chi connectivity index (χ2n) is 4.64. The molecule has 2 aromatic rings. The number of hydrogen-bond acceptors (Lipinski definition) is 5. The number of aromatic amines is 1. The van der Waals surface area contributed by atoms with Gasteiger partial charge < -0.3 is 10.1 Å². The Labute approximate surface area is 111 Å². The van der Waals surface area contributed by atoms with Crippen LogP contribution in [-0.4, -0.2) is 39.4 Å². The van der Waals surface area contributed by atoms with Crippen LogP contribution in [0.3, 0.4) is 0 Å². The van der Waals surface area contributed by atoms with E-state index in [0.717, 1.165) is 37.4 Å². The third kappa shape index (κ3) is 3.15. The average Bonchev–Trinajstić information content (AvgIpc) is 2.96. The topological polar surface area (TPSA) is 75.7 Å². The van der Waals surface area contributed by atoms with Gasteiger partial charge in [0.05, 0.1) is 13.2 Å². The molecule has 0 unspecified atom stereocenters. The summed E-state index contributed by atoms with van der Waals surface area (Å²) in [6.45, 7) is 2.35. The molecular formula is C13H17N5O. The summed E-state index contributed by atoms with van der Waals surface area (Å²) in [7, 11) is 0. The van der Waals surface area contributed by atoms with Gasteiger partial charge in [0.25, 0.3) is 0 Å². The van der Waals surface area contributed by atoms with E-state index in [2.05, 4.69) is 25.5 Å². The van der Waals surface area contributed by atoms with Crippen molar-refractivity contribution in [2.24, 2.45) is 0 Å². The van der Waals surface area contributed by atoms with E-state index < -0.39 is 0 Å². The van der Waals surface area contributed by atoms with Gasteiger partial charge in [0.2, 0.25) is 0 Å². The molecule has 0 aliphatic carbocycles. The normalized spacial score (nSPS) is 19.5. The summed E-state index contributed by atoms with van der Waals surface area (Å²) in [6, 6.07) is 4.22. The maximum atomic E-state index is 5.43. The molecule has 3 heterocycles. The predicted octanol–water partition coefficient (Wildman–Crippen LogP) is 1.14. The zero-order valence-corrected chi connectivity index (χ0v) is 10.7. The first-order chi connectivity index (χ1) is 9.42. The number of rotatable bonds is 4. The first-order valence-electron chi connectivity index (χ1n) is 6.54. The summed E-state index contributed by atoms with van der Waals surface area (Å²) in [5, 5.41) is 10.6. The van der Waals surface area contributed by atoms with Crippen LogP contribution in [0.15, 0.2) is 24.5 Å². The van der Waals surface area contributed by atoms with E-state index in [0.29, 0.717) is 18.4 Å². The minimum atomic E-state index is 0.420. The monoisotopic (exact) mass is 259 g/mol. The zero-order chi connectivity index (χ0) is 12.9. The molecule has 2 aromatic heterocycles. The predicted molar refractivity (Wildman–Crippen MR) is 70.3 cm³/mol. The Hall–Kier alpha value is -1.79. The molecule has 1 fully saturated rings. The van der Waals surface area contributed by atoms with Gasteiger partial charge in [-0.1, -0.05) is 0 Å². The highest BCUT2D eigenvalue weighted by Gasteiger charge is 2.14. The fraction of sp³-hybridized carbons (Fsp3) is 0.462. The molecule has 1 atom stereocenters. The molecule has 0 aromatic carbocycles. The van der Waals surface area contributed by atoms with Crippen LogP contribution in [0, 0.1) is 0 Å². The van der Waals surface area contributed by atoms with Crippen molar-refractivity contribution in [3.05, 3.63) is 30.4 Å². The van der Waals surface area contributed by atoms with E-state index in [4.69, 9.17) is 4.74 Å². The molecule has 1 saturated heterocycles. The molecule has 0 spiro atoms. The number of H-pyrrole nitrogens is 1. The first-order valence-corrected chi connectivity index (χ1v) is 6.54. The van der Waals surface area contributed by atoms with Crippen LogP contribution in [0.1, 0.15) is 18.7 Å². The van der Waals surface area contributed by atoms with E-state index in [1.807, 2.05) is 12.1 Å². The highest BCUT2D eigenvalue weighted by Crippen LogP contribution is 2.12. The SMILES string of the molecule is c1cc(-c2n[nH]c(CN[C@H]3CCCOC3)n2)ccn1. The summed E-state index contributed by atoms with van der Waals surface area (Å²) < 4.78 is 5.43. The van der Waals surface area contributed by atoms with Crippen molar-refractivity contribution in [2.45, 2.75) is 25.4 Å². The van der Waals surface area contributed by atoms with Crippen LogP contribution in [0.4, 0.5) is 0 Å². The van der Waals surface area contributed by atoms with Crippen LogP contribution in [0.5, 0.6) is 0 Å². The van der Waals surface area contributed by atoms with E-state index in [-0.39, 0.29) is 0 Å². The third-order valence-electron chi connectivity index (χ3n) is 3.19. The molecule has 6 nitrogen and oxygen atoms in total. The lowest BCUT2D eigenvalue weighted by atomic mass is 10.1. The van der Waals surface area contributed by atoms with Gasteiger partial charge in [-0.3, -0.25) is 10.1 Å². The second-order valence-corrected chi connectivity index (χ2v) is 4.64. The van der Waals surface area contributed by atoms with Crippen molar-refractivity contribution in [1.82, 2.24) is 25.5 Å². The molecule has 0 saturated carbocycles. The Morgan fingerprint density at radius 3 is 3.05 bits per heavy atom. The summed E-state index contributed by atoms with van der Waals surface area (Å²) in [5.41, 5.74) is 0.971. The van der Waals surface area contributed by atoms with E-state index in [1.54, 1.807) is 12.4 Å². The molecule has 0 amide bonds. The smallest absolute Gasteiger partial charge is 0.181 e. The fourth-order valence-electron chi connectivity index (χ4n) is 2.15. The minimum Gasteiger partial charge on any atom is -0.380 e. The molecule has 2 N–H and O–H groups in total. The summed E-state index contributed by atoms with van der Waals surface area (Å²) in [5.74, 6) is 1.55. The van der Waals surface area contributed by atoms with Crippen molar-refractivity contribution in [3.8, 4) is 11.4 Å². The summed E-state index contributed by atoms with van der Waals surface area (Å²) >= 11 is 0. The molecule has 1 aliphatic rings. The van der Waals surface area contributed by atoms with Crippen molar-refractivity contribution in [3.63, 3.8) is 0 Å². The molecular weight excluding hydrogens is 242 g/mol. The summed E-state index contributed by atoms with van der Waals surface area (Å²) in [4.78, 5) is 8.45. The van der Waals surface area contributed by atoms with Gasteiger partial charge in [-0.2, -0.15) is 5.10 Å². The first kappa shape index (κ1) is 12.3. The third-order valence-corrected chi connectivity index (χ3v) is 3.19. The Morgan fingerprint density at radius 2 is 2.26 bits per heavy atom. The Bertz CT molecular complexity index is 507. The Morgan fingerprint density at radius 1 is 1.37 bits per heavy atom. The van der Waals surface area contributed by atoms with Crippen molar-refractivity contribution >= 4 is 0 Å². The Kier molecular flexibility index (Phi) is 3.81. The van der Waals surface area contributed by atoms with Crippen molar-refractivity contribution in [2.75, 3.05) is 13.2 Å². The van der Waals surface area contributed by atoms with Crippen LogP contribution in [0.25, 0.3) is 11.4 Å². The largest absolute Gasteiger partial charge is 0.380 e. The van der Waals surface area contributed by atoms with Gasteiger partial charge in [0.1, 0.15) is 5.82 Å². The lowest BCUT2D eigenvalue weighted by Crippen LogP contribution is -2.36. The maximum absolute atomic E-state index is 5.43. The lowest BCUT2D eigenvalue weighted by molar-refractivity contribution is 0.0697. The second kappa shape index (κ2) is 5.90. The minimum absolute atomic E-state index is 0.420. The maximum Gasteiger partial charge on any atom is 0.181 e. The van der Waals surface area contributed by atoms with Crippen LogP contribution in [-0.2, 0) is 11.3 Å². The molecule has 100 valence electrons. The number of hydrogen-bond donors (Lipinski definition) is 2. The van der Waals surface area contributed by atoms with Crippen LogP contribution < -0.4 is 5.32 Å². The van der Waals surface area contributed by atoms with Gasteiger partial charge >= 0.3 is 0 Å². The molecule has 6 heteroatoms. The highest BCUT2D eigenvalue weighted by atomic mass is 16.5. The van der Waals surface area contributed by atoms with E-state index in [1.165, 1.54) is 0 Å². The molecule has 3 rings (SSSR count). The van der Waals surface area contributed by atoms with Crippen molar-refractivity contribution in [1.29, 1.82) is 0 Å². The number of nitrogens with one attached hydrogen (secondary N) is 2. The molecule has 0 radical (unpaired) electrons. The average molecular weight is 259 g/mol. The Balaban J connectivity index is 1.59. The number of nitrogens with zero attached hydrogens (tertiary/aromatic N) is 3. The van der Waals surface area contributed by atoms with Gasteiger partial charge in [0.15, 0.2) is 5.82 Å². The molecule has 19 heavy (non-hydrogen) atoms. The quantitative estimate of drug-likeness (QED) is 0.861. The zero-order valence-electron chi connectivity index (χ0n) is 10.7. The summed E-state index contributed by atoms with van der Waals surface area (Å²) in [6.07, 6.45) is 5.76.